The summed E-state index contributed by atoms with van der Waals surface area (Å²) in [5, 5.41) is 9.74. The van der Waals surface area contributed by atoms with Crippen molar-refractivity contribution < 1.29 is 13.9 Å². The first kappa shape index (κ1) is 13.9. The van der Waals surface area contributed by atoms with Crippen LogP contribution in [0.1, 0.15) is 18.9 Å². The van der Waals surface area contributed by atoms with Crippen LogP contribution in [0, 0.1) is 11.6 Å². The van der Waals surface area contributed by atoms with E-state index in [1.165, 1.54) is 12.1 Å². The zero-order chi connectivity index (χ0) is 14.3. The predicted octanol–water partition coefficient (Wildman–Crippen LogP) is 1.60. The number of aliphatic hydroxyl groups excluding tert-OH is 1. The molecular weight excluding hydrogens is 262 g/mol. The number of piperazine rings is 1. The standard InChI is InChI=1S/C15H20F2N2O/c1-10-6-19-9-15(20)5-14(19)8-18(10)7-11-2-12(16)4-13(17)3-11/h2-4,10,14-15,20H,5-9H2,1H3/t10-,14+,15-/m1/s1. The minimum Gasteiger partial charge on any atom is -0.392 e. The van der Waals surface area contributed by atoms with E-state index in [9.17, 15) is 13.9 Å². The predicted molar refractivity (Wildman–Crippen MR) is 72.2 cm³/mol. The molecule has 0 saturated carbocycles. The van der Waals surface area contributed by atoms with Gasteiger partial charge in [-0.15, -0.1) is 0 Å². The fourth-order valence-corrected chi connectivity index (χ4v) is 3.43. The van der Waals surface area contributed by atoms with Crippen LogP contribution in [0.2, 0.25) is 0 Å². The number of hydrogen-bond donors (Lipinski definition) is 1. The average Bonchev–Trinajstić information content (AvgIpc) is 2.67. The van der Waals surface area contributed by atoms with Crippen LogP contribution in [0.3, 0.4) is 0 Å². The Balaban J connectivity index is 1.70. The molecule has 3 rings (SSSR count). The lowest BCUT2D eigenvalue weighted by molar-refractivity contribution is 0.0527. The second-order valence-corrected chi connectivity index (χ2v) is 6.05. The van der Waals surface area contributed by atoms with Crippen LogP contribution >= 0.6 is 0 Å². The Hall–Kier alpha value is -1.04. The van der Waals surface area contributed by atoms with Crippen molar-refractivity contribution in [2.45, 2.75) is 38.1 Å². The molecule has 1 aromatic carbocycles. The molecule has 110 valence electrons. The summed E-state index contributed by atoms with van der Waals surface area (Å²) in [6.07, 6.45) is 0.555. The molecule has 0 spiro atoms. The van der Waals surface area contributed by atoms with Crippen LogP contribution in [0.4, 0.5) is 8.78 Å². The van der Waals surface area contributed by atoms with E-state index in [0.717, 1.165) is 32.1 Å². The van der Waals surface area contributed by atoms with Crippen LogP contribution in [0.15, 0.2) is 18.2 Å². The van der Waals surface area contributed by atoms with Gasteiger partial charge in [0.1, 0.15) is 11.6 Å². The molecule has 20 heavy (non-hydrogen) atoms. The molecule has 1 N–H and O–H groups in total. The van der Waals surface area contributed by atoms with E-state index in [-0.39, 0.29) is 6.10 Å². The highest BCUT2D eigenvalue weighted by molar-refractivity contribution is 5.18. The van der Waals surface area contributed by atoms with Gasteiger partial charge in [-0.3, -0.25) is 9.80 Å². The molecule has 1 aromatic rings. The molecule has 3 nitrogen and oxygen atoms in total. The number of aliphatic hydroxyl groups is 1. The van der Waals surface area contributed by atoms with Crippen molar-refractivity contribution in [3.05, 3.63) is 35.4 Å². The first-order valence-corrected chi connectivity index (χ1v) is 7.12. The van der Waals surface area contributed by atoms with Crippen LogP contribution in [0.25, 0.3) is 0 Å². The summed E-state index contributed by atoms with van der Waals surface area (Å²) in [6, 6.07) is 4.37. The summed E-state index contributed by atoms with van der Waals surface area (Å²) in [5.74, 6) is -1.05. The van der Waals surface area contributed by atoms with E-state index in [4.69, 9.17) is 0 Å². The van der Waals surface area contributed by atoms with Gasteiger partial charge < -0.3 is 5.11 Å². The Labute approximate surface area is 117 Å². The maximum Gasteiger partial charge on any atom is 0.126 e. The number of halogens is 2. The molecule has 5 heteroatoms. The Morgan fingerprint density at radius 2 is 1.85 bits per heavy atom. The van der Waals surface area contributed by atoms with Crippen molar-refractivity contribution in [2.24, 2.45) is 0 Å². The lowest BCUT2D eigenvalue weighted by Crippen LogP contribution is -2.54. The summed E-state index contributed by atoms with van der Waals surface area (Å²) in [4.78, 5) is 4.56. The Kier molecular flexibility index (Phi) is 3.75. The van der Waals surface area contributed by atoms with Crippen molar-refractivity contribution in [1.82, 2.24) is 9.80 Å². The third-order valence-electron chi connectivity index (χ3n) is 4.38. The highest BCUT2D eigenvalue weighted by Gasteiger charge is 2.37. The van der Waals surface area contributed by atoms with Crippen LogP contribution < -0.4 is 0 Å². The fourth-order valence-electron chi connectivity index (χ4n) is 3.43. The molecule has 0 aliphatic carbocycles. The Bertz CT molecular complexity index is 477. The van der Waals surface area contributed by atoms with Crippen molar-refractivity contribution in [1.29, 1.82) is 0 Å². The van der Waals surface area contributed by atoms with E-state index >= 15 is 0 Å². The molecule has 0 unspecified atom stereocenters. The molecule has 3 atom stereocenters. The maximum atomic E-state index is 13.2. The second kappa shape index (κ2) is 5.39. The van der Waals surface area contributed by atoms with Crippen molar-refractivity contribution in [2.75, 3.05) is 19.6 Å². The van der Waals surface area contributed by atoms with Gasteiger partial charge in [-0.2, -0.15) is 0 Å². The summed E-state index contributed by atoms with van der Waals surface area (Å²) in [6.45, 7) is 5.17. The van der Waals surface area contributed by atoms with Crippen molar-refractivity contribution >= 4 is 0 Å². The number of nitrogens with zero attached hydrogens (tertiary/aromatic N) is 2. The lowest BCUT2D eigenvalue weighted by Gasteiger charge is -2.42. The molecule has 2 heterocycles. The van der Waals surface area contributed by atoms with Crippen LogP contribution in [0.5, 0.6) is 0 Å². The monoisotopic (exact) mass is 282 g/mol. The molecular formula is C15H20F2N2O. The van der Waals surface area contributed by atoms with Gasteiger partial charge in [0.15, 0.2) is 0 Å². The second-order valence-electron chi connectivity index (χ2n) is 6.05. The van der Waals surface area contributed by atoms with Gasteiger partial charge in [0.25, 0.3) is 0 Å². The smallest absolute Gasteiger partial charge is 0.126 e. The average molecular weight is 282 g/mol. The van der Waals surface area contributed by atoms with Crippen molar-refractivity contribution in [3.8, 4) is 0 Å². The lowest BCUT2D eigenvalue weighted by atomic mass is 10.1. The van der Waals surface area contributed by atoms with Gasteiger partial charge in [-0.1, -0.05) is 0 Å². The number of benzene rings is 1. The SMILES string of the molecule is C[C@@H]1CN2C[C@H](O)C[C@H]2CN1Cc1cc(F)cc(F)c1. The molecule has 0 radical (unpaired) electrons. The van der Waals surface area contributed by atoms with Gasteiger partial charge in [0.05, 0.1) is 6.10 Å². The normalized spacial score (nSPS) is 31.5. The molecule has 2 fully saturated rings. The van der Waals surface area contributed by atoms with E-state index in [1.54, 1.807) is 0 Å². The van der Waals surface area contributed by atoms with E-state index in [2.05, 4.69) is 16.7 Å². The van der Waals surface area contributed by atoms with E-state index in [1.807, 2.05) is 0 Å². The molecule has 0 bridgehead atoms. The van der Waals surface area contributed by atoms with Crippen LogP contribution in [-0.2, 0) is 6.54 Å². The van der Waals surface area contributed by atoms with E-state index < -0.39 is 11.6 Å². The molecule has 0 amide bonds. The largest absolute Gasteiger partial charge is 0.392 e. The minimum absolute atomic E-state index is 0.237. The minimum atomic E-state index is -0.525. The maximum absolute atomic E-state index is 13.2. The highest BCUT2D eigenvalue weighted by atomic mass is 19.1. The topological polar surface area (TPSA) is 26.7 Å². The summed E-state index contributed by atoms with van der Waals surface area (Å²) < 4.78 is 26.5. The zero-order valence-electron chi connectivity index (χ0n) is 11.6. The van der Waals surface area contributed by atoms with Crippen molar-refractivity contribution in [3.63, 3.8) is 0 Å². The third kappa shape index (κ3) is 2.85. The first-order chi connectivity index (χ1) is 9.51. The Morgan fingerprint density at radius 3 is 2.55 bits per heavy atom. The van der Waals surface area contributed by atoms with E-state index in [0.29, 0.717) is 24.2 Å². The Morgan fingerprint density at radius 1 is 1.15 bits per heavy atom. The van der Waals surface area contributed by atoms with Gasteiger partial charge in [-0.05, 0) is 31.0 Å². The quantitative estimate of drug-likeness (QED) is 0.892. The van der Waals surface area contributed by atoms with Gasteiger partial charge >= 0.3 is 0 Å². The summed E-state index contributed by atoms with van der Waals surface area (Å²) in [5.41, 5.74) is 0.668. The first-order valence-electron chi connectivity index (χ1n) is 7.12. The zero-order valence-corrected chi connectivity index (χ0v) is 11.6. The number of hydrogen-bond acceptors (Lipinski definition) is 3. The molecule has 2 saturated heterocycles. The van der Waals surface area contributed by atoms with Gasteiger partial charge in [-0.25, -0.2) is 8.78 Å². The summed E-state index contributed by atoms with van der Waals surface area (Å²) in [7, 11) is 0. The summed E-state index contributed by atoms with van der Waals surface area (Å²) >= 11 is 0. The van der Waals surface area contributed by atoms with Gasteiger partial charge in [0.2, 0.25) is 0 Å². The third-order valence-corrected chi connectivity index (χ3v) is 4.38. The van der Waals surface area contributed by atoms with Crippen LogP contribution in [-0.4, -0.2) is 52.7 Å². The highest BCUT2D eigenvalue weighted by Crippen LogP contribution is 2.26. The molecule has 0 aromatic heterocycles. The fraction of sp³-hybridized carbons (Fsp3) is 0.600. The van der Waals surface area contributed by atoms with Gasteiger partial charge in [0, 0.05) is 44.3 Å². The number of fused-ring (bicyclic) bond motifs is 1. The molecule has 2 aliphatic heterocycles. The number of rotatable bonds is 2. The molecule has 2 aliphatic rings.